The van der Waals surface area contributed by atoms with Gasteiger partial charge in [0.1, 0.15) is 17.1 Å². The molecule has 7 nitrogen and oxygen atoms in total. The first kappa shape index (κ1) is 16.6. The van der Waals surface area contributed by atoms with Gasteiger partial charge < -0.3 is 14.6 Å². The van der Waals surface area contributed by atoms with E-state index in [4.69, 9.17) is 9.26 Å². The van der Waals surface area contributed by atoms with Gasteiger partial charge in [0.05, 0.1) is 22.8 Å². The van der Waals surface area contributed by atoms with Crippen LogP contribution in [-0.4, -0.2) is 21.0 Å². The van der Waals surface area contributed by atoms with Crippen LogP contribution in [0.2, 0.25) is 0 Å². The lowest BCUT2D eigenvalue weighted by Crippen LogP contribution is -2.16. The van der Waals surface area contributed by atoms with Crippen LogP contribution in [0.15, 0.2) is 34.9 Å². The summed E-state index contributed by atoms with van der Waals surface area (Å²) in [5.41, 5.74) is 2.72. The molecule has 7 heteroatoms. The number of nitrogens with one attached hydrogen (secondary N) is 1. The van der Waals surface area contributed by atoms with E-state index < -0.39 is 0 Å². The molecule has 0 aliphatic carbocycles. The molecule has 0 unspecified atom stereocenters. The van der Waals surface area contributed by atoms with Crippen LogP contribution in [0.3, 0.4) is 0 Å². The fourth-order valence-corrected chi connectivity index (χ4v) is 2.49. The Kier molecular flexibility index (Phi) is 4.47. The molecule has 1 amide bonds. The maximum Gasteiger partial charge on any atom is 0.322 e. The predicted molar refractivity (Wildman–Crippen MR) is 92.0 cm³/mol. The zero-order valence-electron chi connectivity index (χ0n) is 14.5. The first-order chi connectivity index (χ1) is 12.0. The summed E-state index contributed by atoms with van der Waals surface area (Å²) in [6.07, 6.45) is 0. The molecule has 0 spiro atoms. The molecule has 0 saturated carbocycles. The topological polar surface area (TPSA) is 90.1 Å². The van der Waals surface area contributed by atoms with Crippen molar-refractivity contribution in [2.75, 3.05) is 5.32 Å². The largest absolute Gasteiger partial charge is 0.424 e. The quantitative estimate of drug-likeness (QED) is 0.779. The molecule has 0 radical (unpaired) electrons. The summed E-state index contributed by atoms with van der Waals surface area (Å²) in [6, 6.07) is 9.51. The Morgan fingerprint density at radius 1 is 1.00 bits per heavy atom. The van der Waals surface area contributed by atoms with E-state index in [2.05, 4.69) is 20.4 Å². The van der Waals surface area contributed by atoms with Gasteiger partial charge in [-0.15, -0.1) is 0 Å². The van der Waals surface area contributed by atoms with E-state index in [1.165, 1.54) is 0 Å². The van der Waals surface area contributed by atoms with Gasteiger partial charge in [-0.05, 0) is 39.8 Å². The smallest absolute Gasteiger partial charge is 0.322 e. The number of ether oxygens (including phenoxy) is 1. The molecular weight excluding hydrogens is 320 g/mol. The molecule has 0 aliphatic rings. The van der Waals surface area contributed by atoms with Crippen LogP contribution in [0.25, 0.3) is 0 Å². The molecule has 1 N–H and O–H groups in total. The fraction of sp³-hybridized carbons (Fsp3) is 0.222. The van der Waals surface area contributed by atoms with Crippen molar-refractivity contribution in [2.24, 2.45) is 0 Å². The van der Waals surface area contributed by atoms with Crippen LogP contribution in [-0.2, 0) is 0 Å². The van der Waals surface area contributed by atoms with E-state index in [0.29, 0.717) is 39.8 Å². The summed E-state index contributed by atoms with van der Waals surface area (Å²) in [4.78, 5) is 21.1. The van der Waals surface area contributed by atoms with Crippen molar-refractivity contribution in [3.8, 4) is 11.8 Å². The van der Waals surface area contributed by atoms with Crippen LogP contribution in [0.4, 0.5) is 5.69 Å². The van der Waals surface area contributed by atoms with Crippen molar-refractivity contribution in [3.63, 3.8) is 0 Å². The minimum absolute atomic E-state index is 0.233. The number of aryl methyl sites for hydroxylation is 4. The lowest BCUT2D eigenvalue weighted by Gasteiger charge is -2.12. The summed E-state index contributed by atoms with van der Waals surface area (Å²) >= 11 is 0. The number of aromatic nitrogens is 3. The number of rotatable bonds is 4. The Morgan fingerprint density at radius 3 is 2.20 bits per heavy atom. The highest BCUT2D eigenvalue weighted by molar-refractivity contribution is 6.06. The second-order valence-corrected chi connectivity index (χ2v) is 5.62. The van der Waals surface area contributed by atoms with E-state index in [9.17, 15) is 4.79 Å². The van der Waals surface area contributed by atoms with Crippen molar-refractivity contribution < 1.29 is 14.1 Å². The number of benzene rings is 1. The van der Waals surface area contributed by atoms with Crippen LogP contribution in [0.1, 0.15) is 33.2 Å². The summed E-state index contributed by atoms with van der Waals surface area (Å²) in [7, 11) is 0. The maximum absolute atomic E-state index is 12.5. The van der Waals surface area contributed by atoms with Gasteiger partial charge in [-0.25, -0.2) is 0 Å². The van der Waals surface area contributed by atoms with Gasteiger partial charge in [0.25, 0.3) is 5.91 Å². The molecule has 128 valence electrons. The maximum atomic E-state index is 12.5. The number of carbonyl (C=O) groups excluding carboxylic acids is 1. The summed E-state index contributed by atoms with van der Waals surface area (Å²) in [5.74, 6) is 0.812. The number of carbonyl (C=O) groups is 1. The molecular formula is C18H18N4O3. The average Bonchev–Trinajstić information content (AvgIpc) is 2.90. The number of hydrogen-bond acceptors (Lipinski definition) is 6. The highest BCUT2D eigenvalue weighted by atomic mass is 16.5. The SMILES string of the molecule is Cc1nc(Oc2ccccc2)nc(C)c1NC(=O)c1c(C)noc1C. The van der Waals surface area contributed by atoms with Crippen LogP contribution < -0.4 is 10.1 Å². The van der Waals surface area contributed by atoms with Gasteiger partial charge in [0.2, 0.25) is 0 Å². The van der Waals surface area contributed by atoms with E-state index in [0.717, 1.165) is 0 Å². The van der Waals surface area contributed by atoms with Gasteiger partial charge in [0.15, 0.2) is 0 Å². The average molecular weight is 338 g/mol. The van der Waals surface area contributed by atoms with E-state index in [1.807, 2.05) is 30.3 Å². The minimum atomic E-state index is -0.303. The van der Waals surface area contributed by atoms with Crippen molar-refractivity contribution >= 4 is 11.6 Å². The highest BCUT2D eigenvalue weighted by Gasteiger charge is 2.20. The Bertz CT molecular complexity index is 877. The number of anilines is 1. The zero-order chi connectivity index (χ0) is 18.0. The summed E-state index contributed by atoms with van der Waals surface area (Å²) in [5, 5.41) is 6.63. The normalized spacial score (nSPS) is 10.6. The molecule has 1 aromatic carbocycles. The number of hydrogen-bond donors (Lipinski definition) is 1. The first-order valence-electron chi connectivity index (χ1n) is 7.78. The standard InChI is InChI=1S/C18H18N4O3/c1-10-15(13(4)25-22-10)17(23)21-16-11(2)19-18(20-12(16)3)24-14-8-6-5-7-9-14/h5-9H,1-4H3,(H,21,23). The Labute approximate surface area is 145 Å². The molecule has 3 rings (SSSR count). The van der Waals surface area contributed by atoms with Crippen molar-refractivity contribution in [2.45, 2.75) is 27.7 Å². The van der Waals surface area contributed by atoms with Gasteiger partial charge in [0, 0.05) is 0 Å². The van der Waals surface area contributed by atoms with Crippen molar-refractivity contribution in [1.29, 1.82) is 0 Å². The van der Waals surface area contributed by atoms with Gasteiger partial charge >= 0.3 is 6.01 Å². The molecule has 2 heterocycles. The number of para-hydroxylation sites is 1. The monoisotopic (exact) mass is 338 g/mol. The third-order valence-corrected chi connectivity index (χ3v) is 3.70. The molecule has 25 heavy (non-hydrogen) atoms. The van der Waals surface area contributed by atoms with Crippen LogP contribution in [0.5, 0.6) is 11.8 Å². The molecule has 0 atom stereocenters. The summed E-state index contributed by atoms with van der Waals surface area (Å²) in [6.45, 7) is 6.99. The third kappa shape index (κ3) is 3.50. The van der Waals surface area contributed by atoms with Gasteiger partial charge in [-0.3, -0.25) is 4.79 Å². The molecule has 0 fully saturated rings. The predicted octanol–water partition coefficient (Wildman–Crippen LogP) is 3.74. The third-order valence-electron chi connectivity index (χ3n) is 3.70. The van der Waals surface area contributed by atoms with E-state index in [-0.39, 0.29) is 11.9 Å². The van der Waals surface area contributed by atoms with Crippen LogP contribution in [0, 0.1) is 27.7 Å². The van der Waals surface area contributed by atoms with Crippen molar-refractivity contribution in [3.05, 3.63) is 58.7 Å². The highest BCUT2D eigenvalue weighted by Crippen LogP contribution is 2.24. The lowest BCUT2D eigenvalue weighted by atomic mass is 10.2. The second kappa shape index (κ2) is 6.72. The van der Waals surface area contributed by atoms with E-state index >= 15 is 0 Å². The molecule has 2 aromatic heterocycles. The van der Waals surface area contributed by atoms with Gasteiger partial charge in [-0.2, -0.15) is 9.97 Å². The Hall–Kier alpha value is -3.22. The minimum Gasteiger partial charge on any atom is -0.424 e. The first-order valence-corrected chi connectivity index (χ1v) is 7.78. The van der Waals surface area contributed by atoms with Gasteiger partial charge in [-0.1, -0.05) is 23.4 Å². The zero-order valence-corrected chi connectivity index (χ0v) is 14.5. The Morgan fingerprint density at radius 2 is 1.64 bits per heavy atom. The number of amides is 1. The lowest BCUT2D eigenvalue weighted by molar-refractivity contribution is 0.102. The Balaban J connectivity index is 1.84. The molecule has 3 aromatic rings. The molecule has 0 aliphatic heterocycles. The summed E-state index contributed by atoms with van der Waals surface area (Å²) < 4.78 is 10.7. The van der Waals surface area contributed by atoms with Crippen molar-refractivity contribution in [1.82, 2.24) is 15.1 Å². The fourth-order valence-electron chi connectivity index (χ4n) is 2.49. The second-order valence-electron chi connectivity index (χ2n) is 5.62. The number of nitrogens with zero attached hydrogens (tertiary/aromatic N) is 3. The van der Waals surface area contributed by atoms with Crippen LogP contribution >= 0.6 is 0 Å². The van der Waals surface area contributed by atoms with E-state index in [1.54, 1.807) is 27.7 Å². The molecule has 0 saturated heterocycles. The molecule has 0 bridgehead atoms.